The molecule has 0 saturated heterocycles. The summed E-state index contributed by atoms with van der Waals surface area (Å²) in [7, 11) is -1.39. The van der Waals surface area contributed by atoms with Gasteiger partial charge in [0, 0.05) is 12.0 Å². The van der Waals surface area contributed by atoms with E-state index in [9.17, 15) is 8.42 Å². The lowest BCUT2D eigenvalue weighted by atomic mass is 10.1. The average Bonchev–Trinajstić information content (AvgIpc) is 2.39. The minimum absolute atomic E-state index is 0.429. The lowest BCUT2D eigenvalue weighted by Crippen LogP contribution is -2.08. The Morgan fingerprint density at radius 2 is 2.07 bits per heavy atom. The quantitative estimate of drug-likeness (QED) is 0.823. The van der Waals surface area contributed by atoms with Crippen LogP contribution in [0, 0.1) is 6.92 Å². The lowest BCUT2D eigenvalue weighted by molar-refractivity contribution is 0.605. The summed E-state index contributed by atoms with van der Waals surface area (Å²) in [4.78, 5) is 0.429. The van der Waals surface area contributed by atoms with Gasteiger partial charge in [-0.3, -0.25) is 0 Å². The molecule has 0 unspecified atom stereocenters. The molecule has 1 N–H and O–H groups in total. The zero-order chi connectivity index (χ0) is 11.1. The molecule has 4 heteroatoms. The van der Waals surface area contributed by atoms with Crippen molar-refractivity contribution in [2.45, 2.75) is 11.8 Å². The van der Waals surface area contributed by atoms with Crippen LogP contribution in [-0.4, -0.2) is 22.0 Å². The number of likely N-dealkylation sites (N-methyl/N-ethyl adjacent to an activating group) is 1. The summed E-state index contributed by atoms with van der Waals surface area (Å²) in [5.74, 6) is 0. The minimum Gasteiger partial charge on any atom is -0.316 e. The SMILES string of the molecule is CNCC1=CS(=O)(=O)c2ccc(C)cc21. The third-order valence-corrected chi connectivity index (χ3v) is 4.02. The van der Waals surface area contributed by atoms with Crippen molar-refractivity contribution in [2.24, 2.45) is 0 Å². The molecule has 1 heterocycles. The number of hydrogen-bond donors (Lipinski definition) is 1. The standard InChI is InChI=1S/C11H13NO2S/c1-8-3-4-11-10(5-8)9(6-12-2)7-15(11,13)14/h3-5,7,12H,6H2,1-2H3. The minimum atomic E-state index is -3.20. The van der Waals surface area contributed by atoms with Crippen molar-refractivity contribution >= 4 is 15.4 Å². The van der Waals surface area contributed by atoms with Crippen molar-refractivity contribution in [3.05, 3.63) is 34.7 Å². The lowest BCUT2D eigenvalue weighted by Gasteiger charge is -2.04. The Balaban J connectivity index is 2.63. The molecule has 3 nitrogen and oxygen atoms in total. The van der Waals surface area contributed by atoms with Crippen LogP contribution in [0.4, 0.5) is 0 Å². The summed E-state index contributed by atoms with van der Waals surface area (Å²) in [6.07, 6.45) is 0. The fourth-order valence-corrected chi connectivity index (χ4v) is 3.25. The van der Waals surface area contributed by atoms with E-state index in [1.54, 1.807) is 13.1 Å². The van der Waals surface area contributed by atoms with Crippen molar-refractivity contribution in [1.29, 1.82) is 0 Å². The van der Waals surface area contributed by atoms with Crippen LogP contribution < -0.4 is 5.32 Å². The van der Waals surface area contributed by atoms with Gasteiger partial charge in [0.15, 0.2) is 0 Å². The summed E-state index contributed by atoms with van der Waals surface area (Å²) in [5, 5.41) is 4.33. The summed E-state index contributed by atoms with van der Waals surface area (Å²) < 4.78 is 23.5. The molecule has 1 aliphatic heterocycles. The molecule has 80 valence electrons. The molecule has 2 rings (SSSR count). The van der Waals surface area contributed by atoms with E-state index in [0.717, 1.165) is 16.7 Å². The van der Waals surface area contributed by atoms with E-state index in [-0.39, 0.29) is 0 Å². The van der Waals surface area contributed by atoms with Gasteiger partial charge in [-0.15, -0.1) is 0 Å². The molecule has 0 fully saturated rings. The molecular formula is C11H13NO2S. The first-order valence-electron chi connectivity index (χ1n) is 4.76. The molecule has 0 aromatic heterocycles. The molecule has 15 heavy (non-hydrogen) atoms. The van der Waals surface area contributed by atoms with Crippen LogP contribution in [0.1, 0.15) is 11.1 Å². The molecular weight excluding hydrogens is 210 g/mol. The maximum Gasteiger partial charge on any atom is 0.200 e. The first-order chi connectivity index (χ1) is 7.04. The number of rotatable bonds is 2. The molecule has 1 aromatic rings. The van der Waals surface area contributed by atoms with Gasteiger partial charge < -0.3 is 5.32 Å². The number of benzene rings is 1. The highest BCUT2D eigenvalue weighted by molar-refractivity contribution is 7.95. The van der Waals surface area contributed by atoms with Gasteiger partial charge in [0.2, 0.25) is 9.84 Å². The van der Waals surface area contributed by atoms with Gasteiger partial charge in [0.05, 0.1) is 4.90 Å². The number of nitrogens with one attached hydrogen (secondary N) is 1. The Morgan fingerprint density at radius 1 is 1.33 bits per heavy atom. The van der Waals surface area contributed by atoms with Gasteiger partial charge in [0.1, 0.15) is 0 Å². The smallest absolute Gasteiger partial charge is 0.200 e. The summed E-state index contributed by atoms with van der Waals surface area (Å²) in [6.45, 7) is 2.54. The number of aryl methyl sites for hydroxylation is 1. The highest BCUT2D eigenvalue weighted by atomic mass is 32.2. The average molecular weight is 223 g/mol. The highest BCUT2D eigenvalue weighted by Gasteiger charge is 2.25. The van der Waals surface area contributed by atoms with E-state index < -0.39 is 9.84 Å². The van der Waals surface area contributed by atoms with Crippen LogP contribution >= 0.6 is 0 Å². The van der Waals surface area contributed by atoms with Crippen LogP contribution in [-0.2, 0) is 9.84 Å². The molecule has 0 saturated carbocycles. The van der Waals surface area contributed by atoms with E-state index >= 15 is 0 Å². The number of sulfone groups is 1. The summed E-state index contributed by atoms with van der Waals surface area (Å²) in [6, 6.07) is 5.43. The van der Waals surface area contributed by atoms with Crippen LogP contribution in [0.15, 0.2) is 28.5 Å². The van der Waals surface area contributed by atoms with E-state index in [0.29, 0.717) is 11.4 Å². The van der Waals surface area contributed by atoms with E-state index in [2.05, 4.69) is 5.32 Å². The highest BCUT2D eigenvalue weighted by Crippen LogP contribution is 2.33. The third kappa shape index (κ3) is 1.70. The van der Waals surface area contributed by atoms with Gasteiger partial charge in [-0.25, -0.2) is 8.42 Å². The van der Waals surface area contributed by atoms with Crippen LogP contribution in [0.2, 0.25) is 0 Å². The Kier molecular flexibility index (Phi) is 2.40. The fourth-order valence-electron chi connectivity index (χ4n) is 1.78. The van der Waals surface area contributed by atoms with Crippen LogP contribution in [0.3, 0.4) is 0 Å². The Hall–Kier alpha value is -1.13. The normalized spacial score (nSPS) is 17.3. The molecule has 0 aliphatic carbocycles. The fraction of sp³-hybridized carbons (Fsp3) is 0.273. The van der Waals surface area contributed by atoms with Crippen molar-refractivity contribution in [3.8, 4) is 0 Å². The predicted molar refractivity (Wildman–Crippen MR) is 60.3 cm³/mol. The van der Waals surface area contributed by atoms with Crippen molar-refractivity contribution < 1.29 is 8.42 Å². The first-order valence-corrected chi connectivity index (χ1v) is 6.30. The molecule has 0 amide bonds. The summed E-state index contributed by atoms with van der Waals surface area (Å²) in [5.41, 5.74) is 2.76. The maximum absolute atomic E-state index is 11.7. The molecule has 1 aliphatic rings. The van der Waals surface area contributed by atoms with E-state index in [4.69, 9.17) is 0 Å². The van der Waals surface area contributed by atoms with Gasteiger partial charge >= 0.3 is 0 Å². The predicted octanol–water partition coefficient (Wildman–Crippen LogP) is 1.34. The number of fused-ring (bicyclic) bond motifs is 1. The monoisotopic (exact) mass is 223 g/mol. The van der Waals surface area contributed by atoms with Gasteiger partial charge in [0.25, 0.3) is 0 Å². The number of hydrogen-bond acceptors (Lipinski definition) is 3. The molecule has 0 spiro atoms. The topological polar surface area (TPSA) is 46.2 Å². The van der Waals surface area contributed by atoms with Crippen LogP contribution in [0.5, 0.6) is 0 Å². The molecule has 0 atom stereocenters. The molecule has 0 radical (unpaired) electrons. The Labute approximate surface area is 89.7 Å². The van der Waals surface area contributed by atoms with Crippen LogP contribution in [0.25, 0.3) is 5.57 Å². The van der Waals surface area contributed by atoms with Gasteiger partial charge in [-0.1, -0.05) is 17.7 Å². The second kappa shape index (κ2) is 3.47. The Morgan fingerprint density at radius 3 is 2.73 bits per heavy atom. The Bertz CT molecular complexity index is 530. The second-order valence-electron chi connectivity index (χ2n) is 3.72. The van der Waals surface area contributed by atoms with Crippen molar-refractivity contribution in [2.75, 3.05) is 13.6 Å². The maximum atomic E-state index is 11.7. The van der Waals surface area contributed by atoms with E-state index in [1.165, 1.54) is 5.41 Å². The summed E-state index contributed by atoms with van der Waals surface area (Å²) >= 11 is 0. The van der Waals surface area contributed by atoms with Crippen molar-refractivity contribution in [1.82, 2.24) is 5.32 Å². The second-order valence-corrected chi connectivity index (χ2v) is 5.48. The zero-order valence-corrected chi connectivity index (χ0v) is 9.56. The molecule has 0 bridgehead atoms. The third-order valence-electron chi connectivity index (χ3n) is 2.45. The van der Waals surface area contributed by atoms with Crippen molar-refractivity contribution in [3.63, 3.8) is 0 Å². The first kappa shape index (κ1) is 10.4. The largest absolute Gasteiger partial charge is 0.316 e. The van der Waals surface area contributed by atoms with E-state index in [1.807, 2.05) is 19.1 Å². The molecule has 1 aromatic carbocycles. The van der Waals surface area contributed by atoms with Gasteiger partial charge in [-0.2, -0.15) is 0 Å². The van der Waals surface area contributed by atoms with Gasteiger partial charge in [-0.05, 0) is 31.2 Å². The zero-order valence-electron chi connectivity index (χ0n) is 8.74.